The summed E-state index contributed by atoms with van der Waals surface area (Å²) >= 11 is 4.28. The lowest BCUT2D eigenvalue weighted by atomic mass is 10.0. The minimum Gasteiger partial charge on any atom is -0.479 e. The molecule has 0 unspecified atom stereocenters. The molecule has 0 radical (unpaired) electrons. The average molecular weight is 763 g/mol. The number of methoxy groups -OCH3 is 1. The van der Waals surface area contributed by atoms with Gasteiger partial charge in [0.15, 0.2) is 17.2 Å². The second kappa shape index (κ2) is 15.0. The van der Waals surface area contributed by atoms with Crippen molar-refractivity contribution in [3.8, 4) is 16.2 Å². The van der Waals surface area contributed by atoms with E-state index in [4.69, 9.17) is 19.9 Å². The zero-order chi connectivity index (χ0) is 34.5. The fourth-order valence-electron chi connectivity index (χ4n) is 5.06. The SMILES string of the molecule is CCOC(=O)COc1c(C(=O)OC)sc(-c2cccc(N(C(=O)C(F)(F)F)C3CCN(S(=O)(=O)Cc4cccc(N)c4)CC3)c2)c1Br. The van der Waals surface area contributed by atoms with Gasteiger partial charge in [0.1, 0.15) is 0 Å². The van der Waals surface area contributed by atoms with Crippen LogP contribution in [0, 0.1) is 0 Å². The Kier molecular flexibility index (Phi) is 11.6. The van der Waals surface area contributed by atoms with Crippen LogP contribution < -0.4 is 15.4 Å². The number of anilines is 2. The van der Waals surface area contributed by atoms with E-state index in [0.717, 1.165) is 18.4 Å². The standard InChI is InChI=1S/C30H31BrF3N3O8S2/c1-3-44-23(38)16-45-25-24(31)26(46-27(25)28(39)43-2)19-7-5-9-22(15-19)37(29(40)30(32,33)34)21-10-12-36(13-11-21)47(41,42)17-18-6-4-8-20(35)14-18/h4-9,14-15,21H,3,10-13,16-17,35H2,1-2H3. The minimum absolute atomic E-state index is 0.0147. The Morgan fingerprint density at radius 2 is 1.79 bits per heavy atom. The van der Waals surface area contributed by atoms with Gasteiger partial charge in [-0.25, -0.2) is 22.3 Å². The van der Waals surface area contributed by atoms with Gasteiger partial charge < -0.3 is 24.8 Å². The van der Waals surface area contributed by atoms with Crippen LogP contribution in [-0.4, -0.2) is 76.2 Å². The lowest BCUT2D eigenvalue weighted by Crippen LogP contribution is -2.52. The summed E-state index contributed by atoms with van der Waals surface area (Å²) in [7, 11) is -2.67. The van der Waals surface area contributed by atoms with E-state index < -0.39 is 46.7 Å². The lowest BCUT2D eigenvalue weighted by Gasteiger charge is -2.38. The van der Waals surface area contributed by atoms with Crippen LogP contribution in [0.25, 0.3) is 10.4 Å². The topological polar surface area (TPSA) is 146 Å². The summed E-state index contributed by atoms with van der Waals surface area (Å²) in [5, 5.41) is 0. The molecule has 1 fully saturated rings. The third kappa shape index (κ3) is 8.63. The highest BCUT2D eigenvalue weighted by atomic mass is 79.9. The normalized spacial score (nSPS) is 14.4. The maximum absolute atomic E-state index is 13.9. The number of hydrogen-bond donors (Lipinski definition) is 1. The first-order valence-electron chi connectivity index (χ1n) is 14.2. The number of amides is 1. The number of thiophene rings is 1. The van der Waals surface area contributed by atoms with Gasteiger partial charge in [-0.2, -0.15) is 13.2 Å². The van der Waals surface area contributed by atoms with Gasteiger partial charge in [-0.15, -0.1) is 11.3 Å². The van der Waals surface area contributed by atoms with E-state index in [2.05, 4.69) is 15.9 Å². The molecule has 2 heterocycles. The molecular weight excluding hydrogens is 731 g/mol. The predicted octanol–water partition coefficient (Wildman–Crippen LogP) is 5.38. The molecule has 1 aromatic heterocycles. The molecule has 1 saturated heterocycles. The smallest absolute Gasteiger partial charge is 0.471 e. The number of nitrogen functional groups attached to an aromatic ring is 1. The fraction of sp³-hybridized carbons (Fsp3) is 0.367. The maximum Gasteiger partial charge on any atom is 0.471 e. The van der Waals surface area contributed by atoms with Crippen LogP contribution in [0.1, 0.15) is 35.0 Å². The number of ether oxygens (including phenoxy) is 3. The first-order valence-corrected chi connectivity index (χ1v) is 17.4. The lowest BCUT2D eigenvalue weighted by molar-refractivity contribution is -0.171. The van der Waals surface area contributed by atoms with Crippen molar-refractivity contribution < 1.29 is 50.2 Å². The molecule has 17 heteroatoms. The third-order valence-corrected chi connectivity index (χ3v) is 11.2. The number of rotatable bonds is 11. The Hall–Kier alpha value is -3.67. The number of carbonyl (C=O) groups is 3. The van der Waals surface area contributed by atoms with Gasteiger partial charge in [0.05, 0.1) is 28.8 Å². The summed E-state index contributed by atoms with van der Waals surface area (Å²) in [5.41, 5.74) is 6.88. The quantitative estimate of drug-likeness (QED) is 0.201. The Morgan fingerprint density at radius 3 is 2.40 bits per heavy atom. The number of nitrogens with zero attached hydrogens (tertiary/aromatic N) is 2. The Bertz CT molecular complexity index is 1740. The van der Waals surface area contributed by atoms with Gasteiger partial charge in [-0.3, -0.25) is 4.79 Å². The minimum atomic E-state index is -5.22. The molecule has 2 N–H and O–H groups in total. The van der Waals surface area contributed by atoms with Crippen molar-refractivity contribution in [1.29, 1.82) is 0 Å². The van der Waals surface area contributed by atoms with Crippen molar-refractivity contribution >= 4 is 66.5 Å². The molecule has 4 rings (SSSR count). The Morgan fingerprint density at radius 1 is 1.11 bits per heavy atom. The number of carbonyl (C=O) groups excluding carboxylic acids is 3. The van der Waals surface area contributed by atoms with Crippen LogP contribution in [0.3, 0.4) is 0 Å². The summed E-state index contributed by atoms with van der Waals surface area (Å²) < 4.78 is 84.7. The van der Waals surface area contributed by atoms with Crippen molar-refractivity contribution in [3.05, 3.63) is 63.4 Å². The molecule has 1 aliphatic heterocycles. The summed E-state index contributed by atoms with van der Waals surface area (Å²) in [6.07, 6.45) is -5.32. The first kappa shape index (κ1) is 36.2. The molecule has 11 nitrogen and oxygen atoms in total. The number of hydrogen-bond acceptors (Lipinski definition) is 10. The second-order valence-corrected chi connectivity index (χ2v) is 14.1. The number of esters is 2. The van der Waals surface area contributed by atoms with E-state index in [-0.39, 0.29) is 59.1 Å². The van der Waals surface area contributed by atoms with Crippen molar-refractivity contribution in [1.82, 2.24) is 4.31 Å². The molecule has 3 aromatic rings. The second-order valence-electron chi connectivity index (χ2n) is 10.3. The molecule has 0 bridgehead atoms. The number of piperidine rings is 1. The number of nitrogens with two attached hydrogens (primary N) is 1. The van der Waals surface area contributed by atoms with Crippen LogP contribution >= 0.6 is 27.3 Å². The molecular formula is C30H31BrF3N3O8S2. The summed E-state index contributed by atoms with van der Waals surface area (Å²) in [5.74, 6) is -3.91. The van der Waals surface area contributed by atoms with Gasteiger partial charge >= 0.3 is 24.0 Å². The zero-order valence-corrected chi connectivity index (χ0v) is 28.4. The Labute approximate surface area is 281 Å². The molecule has 0 aliphatic carbocycles. The molecule has 0 spiro atoms. The monoisotopic (exact) mass is 761 g/mol. The van der Waals surface area contributed by atoms with E-state index >= 15 is 0 Å². The van der Waals surface area contributed by atoms with Crippen LogP contribution in [0.5, 0.6) is 5.75 Å². The number of alkyl halides is 3. The maximum atomic E-state index is 13.9. The van der Waals surface area contributed by atoms with E-state index in [1.165, 1.54) is 28.6 Å². The van der Waals surface area contributed by atoms with Crippen LogP contribution in [0.2, 0.25) is 0 Å². The van der Waals surface area contributed by atoms with Gasteiger partial charge in [0, 0.05) is 30.5 Å². The van der Waals surface area contributed by atoms with Crippen molar-refractivity contribution in [2.75, 3.05) is 44.0 Å². The van der Waals surface area contributed by atoms with Gasteiger partial charge in [0.25, 0.3) is 0 Å². The van der Waals surface area contributed by atoms with Crippen LogP contribution in [0.15, 0.2) is 53.0 Å². The molecule has 0 saturated carbocycles. The Balaban J connectivity index is 1.63. The van der Waals surface area contributed by atoms with E-state index in [9.17, 15) is 36.0 Å². The molecule has 2 aromatic carbocycles. The fourth-order valence-corrected chi connectivity index (χ4v) is 8.58. The van der Waals surface area contributed by atoms with Crippen molar-refractivity contribution in [2.24, 2.45) is 0 Å². The molecule has 254 valence electrons. The van der Waals surface area contributed by atoms with Crippen molar-refractivity contribution in [3.63, 3.8) is 0 Å². The highest BCUT2D eigenvalue weighted by Crippen LogP contribution is 2.47. The van der Waals surface area contributed by atoms with E-state index in [1.807, 2.05) is 0 Å². The molecule has 1 aliphatic rings. The largest absolute Gasteiger partial charge is 0.479 e. The predicted molar refractivity (Wildman–Crippen MR) is 173 cm³/mol. The number of sulfonamides is 1. The molecule has 47 heavy (non-hydrogen) atoms. The van der Waals surface area contributed by atoms with Crippen LogP contribution in [0.4, 0.5) is 24.5 Å². The van der Waals surface area contributed by atoms with Crippen molar-refractivity contribution in [2.45, 2.75) is 37.7 Å². The summed E-state index contributed by atoms with van der Waals surface area (Å²) in [6.45, 7) is 1.01. The van der Waals surface area contributed by atoms with E-state index in [0.29, 0.717) is 26.6 Å². The average Bonchev–Trinajstić information content (AvgIpc) is 3.35. The number of halogens is 4. The number of benzene rings is 2. The zero-order valence-electron chi connectivity index (χ0n) is 25.2. The summed E-state index contributed by atoms with van der Waals surface area (Å²) in [4.78, 5) is 38.3. The van der Waals surface area contributed by atoms with Gasteiger partial charge in [-0.05, 0) is 71.1 Å². The van der Waals surface area contributed by atoms with Gasteiger partial charge in [0.2, 0.25) is 10.0 Å². The molecule has 1 amide bonds. The van der Waals surface area contributed by atoms with E-state index in [1.54, 1.807) is 31.2 Å². The summed E-state index contributed by atoms with van der Waals surface area (Å²) in [6, 6.07) is 11.2. The molecule has 0 atom stereocenters. The highest BCUT2D eigenvalue weighted by Gasteiger charge is 2.46. The third-order valence-electron chi connectivity index (χ3n) is 7.15. The first-order chi connectivity index (χ1) is 22.2. The van der Waals surface area contributed by atoms with Gasteiger partial charge in [-0.1, -0.05) is 24.3 Å². The highest BCUT2D eigenvalue weighted by molar-refractivity contribution is 9.10. The van der Waals surface area contributed by atoms with Crippen LogP contribution in [-0.2, 0) is 34.8 Å².